The van der Waals surface area contributed by atoms with E-state index in [-0.39, 0.29) is 0 Å². The number of unbranched alkanes of at least 4 members (excludes halogenated alkanes) is 2. The molecule has 1 aromatic rings. The molecule has 24 heavy (non-hydrogen) atoms. The van der Waals surface area contributed by atoms with Crippen molar-refractivity contribution in [3.63, 3.8) is 0 Å². The van der Waals surface area contributed by atoms with Gasteiger partial charge in [0.05, 0.1) is 12.8 Å². The van der Waals surface area contributed by atoms with E-state index in [9.17, 15) is 0 Å². The molecule has 0 bridgehead atoms. The van der Waals surface area contributed by atoms with E-state index in [4.69, 9.17) is 9.73 Å². The Kier molecular flexibility index (Phi) is 5.19. The molecule has 0 atom stereocenters. The molecule has 126 valence electrons. The first-order chi connectivity index (χ1) is 11.7. The van der Waals surface area contributed by atoms with E-state index >= 15 is 0 Å². The van der Waals surface area contributed by atoms with E-state index in [0.29, 0.717) is 0 Å². The Hall–Kier alpha value is -2.29. The number of aliphatic imine (C=N–C) groups is 1. The molecule has 0 unspecified atom stereocenters. The SMILES string of the molecule is CCCCCc1cc(C=C2N=C(C3=CC=CC3)C=C2OC)[nH]c1C. The van der Waals surface area contributed by atoms with E-state index in [1.807, 2.05) is 6.08 Å². The highest BCUT2D eigenvalue weighted by atomic mass is 16.5. The third-order valence-corrected chi connectivity index (χ3v) is 4.57. The number of methoxy groups -OCH3 is 1. The van der Waals surface area contributed by atoms with Crippen LogP contribution >= 0.6 is 0 Å². The van der Waals surface area contributed by atoms with E-state index in [2.05, 4.69) is 49.2 Å². The highest BCUT2D eigenvalue weighted by molar-refractivity contribution is 6.12. The van der Waals surface area contributed by atoms with Crippen molar-refractivity contribution in [3.05, 3.63) is 64.4 Å². The maximum Gasteiger partial charge on any atom is 0.146 e. The van der Waals surface area contributed by atoms with Crippen LogP contribution in [0.4, 0.5) is 0 Å². The number of aromatic nitrogens is 1. The molecule has 0 saturated heterocycles. The lowest BCUT2D eigenvalue weighted by molar-refractivity contribution is 0.303. The summed E-state index contributed by atoms with van der Waals surface area (Å²) in [5, 5.41) is 0. The molecule has 3 heteroatoms. The molecule has 2 aliphatic rings. The number of hydrogen-bond acceptors (Lipinski definition) is 2. The Morgan fingerprint density at radius 2 is 2.21 bits per heavy atom. The van der Waals surface area contributed by atoms with Crippen LogP contribution in [0.15, 0.2) is 52.4 Å². The zero-order chi connectivity index (χ0) is 16.9. The van der Waals surface area contributed by atoms with Gasteiger partial charge < -0.3 is 9.72 Å². The molecule has 0 amide bonds. The van der Waals surface area contributed by atoms with Crippen LogP contribution in [0.5, 0.6) is 0 Å². The van der Waals surface area contributed by atoms with Crippen molar-refractivity contribution in [2.75, 3.05) is 7.11 Å². The van der Waals surface area contributed by atoms with Gasteiger partial charge in [-0.2, -0.15) is 0 Å². The summed E-state index contributed by atoms with van der Waals surface area (Å²) in [6, 6.07) is 2.25. The van der Waals surface area contributed by atoms with Gasteiger partial charge in [-0.1, -0.05) is 38.0 Å². The zero-order valence-electron chi connectivity index (χ0n) is 14.9. The Bertz CT molecular complexity index is 757. The quantitative estimate of drug-likeness (QED) is 0.682. The second kappa shape index (κ2) is 7.52. The smallest absolute Gasteiger partial charge is 0.146 e. The third kappa shape index (κ3) is 3.61. The number of nitrogens with one attached hydrogen (secondary N) is 1. The summed E-state index contributed by atoms with van der Waals surface area (Å²) in [6.45, 7) is 4.39. The minimum absolute atomic E-state index is 0.831. The minimum atomic E-state index is 0.831. The standard InChI is InChI=1S/C21H26N2O/c1-4-5-6-11-17-12-18(22-15(17)2)13-20-21(24-3)14-19(23-20)16-9-7-8-10-16/h7-9,12-14,22H,4-6,10-11H2,1-3H3. The fourth-order valence-electron chi connectivity index (χ4n) is 3.16. The lowest BCUT2D eigenvalue weighted by Gasteiger charge is -2.00. The first-order valence-electron chi connectivity index (χ1n) is 8.82. The van der Waals surface area contributed by atoms with Crippen LogP contribution in [-0.2, 0) is 11.2 Å². The molecular formula is C21H26N2O. The molecular weight excluding hydrogens is 296 g/mol. The average Bonchev–Trinajstić information content (AvgIpc) is 3.28. The van der Waals surface area contributed by atoms with Gasteiger partial charge in [0, 0.05) is 17.5 Å². The summed E-state index contributed by atoms with van der Waals surface area (Å²) in [5.41, 5.74) is 6.90. The Balaban J connectivity index is 1.80. The molecule has 1 aromatic heterocycles. The Morgan fingerprint density at radius 3 is 2.92 bits per heavy atom. The van der Waals surface area contributed by atoms with E-state index in [1.165, 1.54) is 36.1 Å². The molecule has 0 aromatic carbocycles. The highest BCUT2D eigenvalue weighted by Crippen LogP contribution is 2.27. The number of nitrogens with zero attached hydrogens (tertiary/aromatic N) is 1. The second-order valence-electron chi connectivity index (χ2n) is 6.40. The predicted octanol–water partition coefficient (Wildman–Crippen LogP) is 5.27. The number of aryl methyl sites for hydroxylation is 2. The van der Waals surface area contributed by atoms with Crippen LogP contribution in [0.25, 0.3) is 6.08 Å². The molecule has 0 spiro atoms. The van der Waals surface area contributed by atoms with E-state index < -0.39 is 0 Å². The van der Waals surface area contributed by atoms with Gasteiger partial charge >= 0.3 is 0 Å². The largest absolute Gasteiger partial charge is 0.494 e. The number of hydrogen-bond donors (Lipinski definition) is 1. The van der Waals surface area contributed by atoms with Gasteiger partial charge in [0.25, 0.3) is 0 Å². The van der Waals surface area contributed by atoms with Crippen molar-refractivity contribution in [2.45, 2.75) is 46.0 Å². The number of allylic oxidation sites excluding steroid dienone is 5. The monoisotopic (exact) mass is 322 g/mol. The van der Waals surface area contributed by atoms with Gasteiger partial charge in [-0.15, -0.1) is 0 Å². The molecule has 0 saturated carbocycles. The van der Waals surface area contributed by atoms with Gasteiger partial charge in [0.15, 0.2) is 0 Å². The number of aromatic amines is 1. The Morgan fingerprint density at radius 1 is 1.33 bits per heavy atom. The number of rotatable bonds is 7. The third-order valence-electron chi connectivity index (χ3n) is 4.57. The molecule has 3 rings (SSSR count). The molecule has 0 fully saturated rings. The minimum Gasteiger partial charge on any atom is -0.494 e. The summed E-state index contributed by atoms with van der Waals surface area (Å²) < 4.78 is 5.52. The van der Waals surface area contributed by atoms with Gasteiger partial charge in [0.2, 0.25) is 0 Å². The van der Waals surface area contributed by atoms with Gasteiger partial charge in [0.1, 0.15) is 11.5 Å². The summed E-state index contributed by atoms with van der Waals surface area (Å²) >= 11 is 0. The summed E-state index contributed by atoms with van der Waals surface area (Å²) in [5.74, 6) is 0.831. The first kappa shape index (κ1) is 16.6. The van der Waals surface area contributed by atoms with Gasteiger partial charge in [-0.05, 0) is 49.5 Å². The lowest BCUT2D eigenvalue weighted by Crippen LogP contribution is -1.93. The van der Waals surface area contributed by atoms with Crippen LogP contribution in [0, 0.1) is 6.92 Å². The van der Waals surface area contributed by atoms with Gasteiger partial charge in [-0.25, -0.2) is 4.99 Å². The van der Waals surface area contributed by atoms with Crippen molar-refractivity contribution in [2.24, 2.45) is 4.99 Å². The van der Waals surface area contributed by atoms with Crippen LogP contribution in [-0.4, -0.2) is 17.8 Å². The summed E-state index contributed by atoms with van der Waals surface area (Å²) in [7, 11) is 1.70. The van der Waals surface area contributed by atoms with E-state index in [0.717, 1.165) is 35.7 Å². The number of ether oxygens (including phenoxy) is 1. The average molecular weight is 322 g/mol. The van der Waals surface area contributed by atoms with Gasteiger partial charge in [-0.3, -0.25) is 0 Å². The van der Waals surface area contributed by atoms with Crippen molar-refractivity contribution in [1.82, 2.24) is 4.98 Å². The van der Waals surface area contributed by atoms with Crippen molar-refractivity contribution >= 4 is 11.8 Å². The highest BCUT2D eigenvalue weighted by Gasteiger charge is 2.18. The van der Waals surface area contributed by atoms with Crippen LogP contribution in [0.1, 0.15) is 49.6 Å². The van der Waals surface area contributed by atoms with Crippen LogP contribution in [0.2, 0.25) is 0 Å². The van der Waals surface area contributed by atoms with Crippen molar-refractivity contribution in [1.29, 1.82) is 0 Å². The molecule has 1 N–H and O–H groups in total. The maximum atomic E-state index is 5.52. The fourth-order valence-corrected chi connectivity index (χ4v) is 3.16. The molecule has 3 nitrogen and oxygen atoms in total. The Labute approximate surface area is 144 Å². The first-order valence-corrected chi connectivity index (χ1v) is 8.82. The van der Waals surface area contributed by atoms with Crippen LogP contribution < -0.4 is 0 Å². The zero-order valence-corrected chi connectivity index (χ0v) is 14.9. The molecule has 1 aliphatic heterocycles. The van der Waals surface area contributed by atoms with E-state index in [1.54, 1.807) is 7.11 Å². The number of H-pyrrole nitrogens is 1. The topological polar surface area (TPSA) is 37.4 Å². The lowest BCUT2D eigenvalue weighted by atomic mass is 10.1. The van der Waals surface area contributed by atoms with Crippen molar-refractivity contribution in [3.8, 4) is 0 Å². The van der Waals surface area contributed by atoms with Crippen molar-refractivity contribution < 1.29 is 4.74 Å². The predicted molar refractivity (Wildman–Crippen MR) is 101 cm³/mol. The second-order valence-corrected chi connectivity index (χ2v) is 6.40. The molecule has 0 radical (unpaired) electrons. The fraction of sp³-hybridized carbons (Fsp3) is 0.381. The summed E-state index contributed by atoms with van der Waals surface area (Å²) in [4.78, 5) is 8.24. The van der Waals surface area contributed by atoms with Crippen LogP contribution in [0.3, 0.4) is 0 Å². The normalized spacial score (nSPS) is 18.1. The molecule has 2 heterocycles. The maximum absolute atomic E-state index is 5.52. The summed E-state index contributed by atoms with van der Waals surface area (Å²) in [6.07, 6.45) is 16.3. The molecule has 1 aliphatic carbocycles.